The highest BCUT2D eigenvalue weighted by molar-refractivity contribution is 5.91. The topological polar surface area (TPSA) is 81.9 Å². The van der Waals surface area contributed by atoms with Gasteiger partial charge in [0.05, 0.1) is 12.8 Å². The zero-order valence-corrected chi connectivity index (χ0v) is 16.3. The summed E-state index contributed by atoms with van der Waals surface area (Å²) in [6, 6.07) is 17.5. The lowest BCUT2D eigenvalue weighted by atomic mass is 10.0. The highest BCUT2D eigenvalue weighted by Gasteiger charge is 2.25. The van der Waals surface area contributed by atoms with Crippen LogP contribution in [-0.4, -0.2) is 30.2 Å². The predicted molar refractivity (Wildman–Crippen MR) is 107 cm³/mol. The quantitative estimate of drug-likeness (QED) is 0.554. The van der Waals surface area contributed by atoms with Crippen LogP contribution in [0.2, 0.25) is 0 Å². The lowest BCUT2D eigenvalue weighted by Gasteiger charge is -2.18. The van der Waals surface area contributed by atoms with Crippen molar-refractivity contribution in [3.63, 3.8) is 0 Å². The van der Waals surface area contributed by atoms with E-state index in [1.54, 1.807) is 13.8 Å². The van der Waals surface area contributed by atoms with Gasteiger partial charge in [-0.2, -0.15) is 0 Å². The van der Waals surface area contributed by atoms with E-state index in [4.69, 9.17) is 13.9 Å². The molecule has 7 heteroatoms. The van der Waals surface area contributed by atoms with Crippen molar-refractivity contribution in [3.8, 4) is 11.1 Å². The third-order valence-electron chi connectivity index (χ3n) is 4.11. The Hall–Kier alpha value is -3.61. The molecule has 0 aliphatic heterocycles. The minimum Gasteiger partial charge on any atom is -0.465 e. The van der Waals surface area contributed by atoms with E-state index in [-0.39, 0.29) is 25.8 Å². The average molecular weight is 394 g/mol. The van der Waals surface area contributed by atoms with Gasteiger partial charge in [0.1, 0.15) is 18.9 Å². The molecule has 0 aliphatic rings. The highest BCUT2D eigenvalue weighted by Crippen LogP contribution is 2.24. The van der Waals surface area contributed by atoms with Gasteiger partial charge in [-0.25, -0.2) is 14.7 Å². The number of ether oxygens (including phenoxy) is 2. The molecule has 29 heavy (non-hydrogen) atoms. The van der Waals surface area contributed by atoms with Crippen LogP contribution in [0.3, 0.4) is 0 Å². The Kier molecular flexibility index (Phi) is 6.63. The summed E-state index contributed by atoms with van der Waals surface area (Å²) in [6.07, 6.45) is 0.716. The Bertz CT molecular complexity index is 968. The molecule has 0 aliphatic carbocycles. The lowest BCUT2D eigenvalue weighted by Crippen LogP contribution is -2.37. The van der Waals surface area contributed by atoms with Crippen molar-refractivity contribution in [2.45, 2.75) is 20.5 Å². The maximum Gasteiger partial charge on any atom is 0.418 e. The Labute approximate surface area is 168 Å². The molecular formula is C22H22N2O5. The van der Waals surface area contributed by atoms with Gasteiger partial charge in [0.15, 0.2) is 0 Å². The van der Waals surface area contributed by atoms with Crippen LogP contribution in [0.5, 0.6) is 0 Å². The predicted octanol–water partition coefficient (Wildman–Crippen LogP) is 4.36. The summed E-state index contributed by atoms with van der Waals surface area (Å²) in [6.45, 7) is 3.27. The van der Waals surface area contributed by atoms with Crippen LogP contribution in [0.4, 0.5) is 10.8 Å². The number of carbonyl (C=O) groups excluding carboxylic acids is 2. The first-order valence-electron chi connectivity index (χ1n) is 9.24. The summed E-state index contributed by atoms with van der Waals surface area (Å²) < 4.78 is 15.8. The van der Waals surface area contributed by atoms with E-state index in [1.807, 2.05) is 54.6 Å². The molecular weight excluding hydrogens is 372 g/mol. The average Bonchev–Trinajstić information content (AvgIpc) is 3.17. The summed E-state index contributed by atoms with van der Waals surface area (Å²) >= 11 is 0. The van der Waals surface area contributed by atoms with Crippen LogP contribution in [0.15, 0.2) is 65.2 Å². The number of hydrogen-bond acceptors (Lipinski definition) is 6. The summed E-state index contributed by atoms with van der Waals surface area (Å²) in [7, 11) is 0. The number of anilines is 1. The fraction of sp³-hybridized carbons (Fsp3) is 0.227. The first kappa shape index (κ1) is 20.1. The van der Waals surface area contributed by atoms with E-state index >= 15 is 0 Å². The van der Waals surface area contributed by atoms with Crippen LogP contribution in [0.1, 0.15) is 18.2 Å². The standard InChI is InChI=1S/C22H22N2O5/c1-3-27-20(25)14-24(21-23-13-16(2)29-21)22(26)28-15-18-11-7-8-12-19(18)17-9-5-4-6-10-17/h4-13H,3,14-15H2,1-2H3. The van der Waals surface area contributed by atoms with Gasteiger partial charge in [-0.3, -0.25) is 4.79 Å². The Morgan fingerprint density at radius 2 is 1.76 bits per heavy atom. The van der Waals surface area contributed by atoms with Gasteiger partial charge in [-0.15, -0.1) is 0 Å². The SMILES string of the molecule is CCOC(=O)CN(C(=O)OCc1ccccc1-c1ccccc1)c1ncc(C)o1. The largest absolute Gasteiger partial charge is 0.465 e. The maximum absolute atomic E-state index is 12.7. The molecule has 0 N–H and O–H groups in total. The lowest BCUT2D eigenvalue weighted by molar-refractivity contribution is -0.141. The van der Waals surface area contributed by atoms with Gasteiger partial charge in [0.2, 0.25) is 0 Å². The fourth-order valence-electron chi connectivity index (χ4n) is 2.78. The monoisotopic (exact) mass is 394 g/mol. The van der Waals surface area contributed by atoms with Crippen molar-refractivity contribution in [1.29, 1.82) is 0 Å². The van der Waals surface area contributed by atoms with Crippen LogP contribution in [0.25, 0.3) is 11.1 Å². The number of esters is 1. The molecule has 150 valence electrons. The number of nitrogens with zero attached hydrogens (tertiary/aromatic N) is 2. The minimum atomic E-state index is -0.747. The van der Waals surface area contributed by atoms with Crippen molar-refractivity contribution in [3.05, 3.63) is 72.1 Å². The molecule has 0 spiro atoms. The Morgan fingerprint density at radius 1 is 1.03 bits per heavy atom. The fourth-order valence-corrected chi connectivity index (χ4v) is 2.78. The van der Waals surface area contributed by atoms with Crippen molar-refractivity contribution in [2.24, 2.45) is 0 Å². The van der Waals surface area contributed by atoms with Crippen LogP contribution < -0.4 is 4.90 Å². The Balaban J connectivity index is 1.76. The first-order chi connectivity index (χ1) is 14.1. The normalized spacial score (nSPS) is 10.4. The third kappa shape index (κ3) is 5.22. The van der Waals surface area contributed by atoms with Gasteiger partial charge in [0, 0.05) is 0 Å². The molecule has 3 rings (SSSR count). The first-order valence-corrected chi connectivity index (χ1v) is 9.24. The molecule has 2 aromatic carbocycles. The maximum atomic E-state index is 12.7. The van der Waals surface area contributed by atoms with E-state index in [0.29, 0.717) is 5.76 Å². The van der Waals surface area contributed by atoms with Gasteiger partial charge in [-0.05, 0) is 30.5 Å². The molecule has 3 aromatic rings. The molecule has 0 saturated heterocycles. The van der Waals surface area contributed by atoms with Crippen molar-refractivity contribution in [2.75, 3.05) is 18.1 Å². The molecule has 1 aromatic heterocycles. The van der Waals surface area contributed by atoms with E-state index in [2.05, 4.69) is 4.98 Å². The molecule has 0 bridgehead atoms. The molecule has 0 unspecified atom stereocenters. The molecule has 7 nitrogen and oxygen atoms in total. The second kappa shape index (κ2) is 9.54. The summed E-state index contributed by atoms with van der Waals surface area (Å²) in [5.74, 6) is -0.0685. The van der Waals surface area contributed by atoms with Crippen molar-refractivity contribution >= 4 is 18.1 Å². The highest BCUT2D eigenvalue weighted by atomic mass is 16.6. The van der Waals surface area contributed by atoms with Gasteiger partial charge >= 0.3 is 18.1 Å². The number of aromatic nitrogens is 1. The van der Waals surface area contributed by atoms with Gasteiger partial charge in [-0.1, -0.05) is 54.6 Å². The number of aryl methyl sites for hydroxylation is 1. The van der Waals surface area contributed by atoms with Gasteiger partial charge < -0.3 is 13.9 Å². The number of hydrogen-bond donors (Lipinski definition) is 0. The number of benzene rings is 2. The molecule has 0 atom stereocenters. The van der Waals surface area contributed by atoms with E-state index < -0.39 is 12.1 Å². The molecule has 0 fully saturated rings. The van der Waals surface area contributed by atoms with E-state index in [1.165, 1.54) is 6.20 Å². The third-order valence-corrected chi connectivity index (χ3v) is 4.11. The smallest absolute Gasteiger partial charge is 0.418 e. The van der Waals surface area contributed by atoms with E-state index in [0.717, 1.165) is 21.6 Å². The molecule has 0 saturated carbocycles. The van der Waals surface area contributed by atoms with Crippen LogP contribution >= 0.6 is 0 Å². The van der Waals surface area contributed by atoms with Crippen LogP contribution in [-0.2, 0) is 20.9 Å². The number of amides is 1. The molecule has 0 radical (unpaired) electrons. The zero-order valence-electron chi connectivity index (χ0n) is 16.3. The minimum absolute atomic E-state index is 0.0168. The molecule has 1 amide bonds. The zero-order chi connectivity index (χ0) is 20.6. The van der Waals surface area contributed by atoms with E-state index in [9.17, 15) is 9.59 Å². The second-order valence-electron chi connectivity index (χ2n) is 6.22. The van der Waals surface area contributed by atoms with Gasteiger partial charge in [0.25, 0.3) is 0 Å². The summed E-state index contributed by atoms with van der Waals surface area (Å²) in [4.78, 5) is 29.7. The number of oxazole rings is 1. The molecule has 1 heterocycles. The van der Waals surface area contributed by atoms with Crippen molar-refractivity contribution < 1.29 is 23.5 Å². The number of rotatable bonds is 7. The Morgan fingerprint density at radius 3 is 2.45 bits per heavy atom. The second-order valence-corrected chi connectivity index (χ2v) is 6.22. The summed E-state index contributed by atoms with van der Waals surface area (Å²) in [5, 5.41) is 0. The summed E-state index contributed by atoms with van der Waals surface area (Å²) in [5.41, 5.74) is 2.82. The number of carbonyl (C=O) groups is 2. The van der Waals surface area contributed by atoms with Crippen molar-refractivity contribution in [1.82, 2.24) is 4.98 Å². The van der Waals surface area contributed by atoms with Crippen LogP contribution in [0, 0.1) is 6.92 Å².